The third-order valence-electron chi connectivity index (χ3n) is 7.49. The highest BCUT2D eigenvalue weighted by atomic mass is 16.1. The summed E-state index contributed by atoms with van der Waals surface area (Å²) in [5.74, 6) is 0.181. The molecule has 0 bridgehead atoms. The second-order valence-corrected chi connectivity index (χ2v) is 11.2. The van der Waals surface area contributed by atoms with Gasteiger partial charge in [0.15, 0.2) is 11.6 Å². The van der Waals surface area contributed by atoms with Crippen LogP contribution in [-0.2, 0) is 20.9 Å². The van der Waals surface area contributed by atoms with E-state index < -0.39 is 0 Å². The minimum Gasteiger partial charge on any atom is -0.367 e. The van der Waals surface area contributed by atoms with Gasteiger partial charge in [0, 0.05) is 49.2 Å². The maximum Gasteiger partial charge on any atom is 0.160 e. The normalized spacial score (nSPS) is 10.7. The average Bonchev–Trinajstić information content (AvgIpc) is 3.18. The number of aldehydes is 1. The Labute approximate surface area is 309 Å². The number of hydrogen-bond donors (Lipinski definition) is 0. The summed E-state index contributed by atoms with van der Waals surface area (Å²) in [6, 6.07) is 27.6. The van der Waals surface area contributed by atoms with Crippen LogP contribution in [0.2, 0.25) is 0 Å². The molecule has 0 atom stereocenters. The van der Waals surface area contributed by atoms with Gasteiger partial charge in [-0.25, -0.2) is 0 Å². The van der Waals surface area contributed by atoms with Crippen LogP contribution in [0.3, 0.4) is 0 Å². The van der Waals surface area contributed by atoms with Crippen molar-refractivity contribution >= 4 is 30.4 Å². The molecule has 0 saturated carbocycles. The van der Waals surface area contributed by atoms with Gasteiger partial charge in [0.2, 0.25) is 0 Å². The van der Waals surface area contributed by atoms with Crippen molar-refractivity contribution < 1.29 is 24.0 Å². The number of ketones is 3. The average molecular weight is 698 g/mol. The topological polar surface area (TPSA) is 88.6 Å². The van der Waals surface area contributed by atoms with E-state index in [0.29, 0.717) is 36.2 Å². The molecule has 3 aromatic rings. The summed E-state index contributed by atoms with van der Waals surface area (Å²) in [5.41, 5.74) is 6.13. The Bertz CT molecular complexity index is 1390. The molecule has 0 spiro atoms. The lowest BCUT2D eigenvalue weighted by atomic mass is 9.95. The molecule has 0 aromatic heterocycles. The molecule has 51 heavy (non-hydrogen) atoms. The Kier molecular flexibility index (Phi) is 30.8. The third-order valence-corrected chi connectivity index (χ3v) is 7.49. The van der Waals surface area contributed by atoms with Crippen LogP contribution in [0.25, 0.3) is 0 Å². The van der Waals surface area contributed by atoms with Gasteiger partial charge in [-0.3, -0.25) is 14.4 Å². The van der Waals surface area contributed by atoms with Crippen LogP contribution in [0, 0.1) is 6.92 Å². The summed E-state index contributed by atoms with van der Waals surface area (Å²) in [5, 5.41) is 0. The standard InChI is InChI=1S/C23H31NO2.C10H10O2.C7H8.2C2H6.CH2O/c1-2-22(26)18-21-14-8-9-15-23(21)24(16-10-3-4-11-17-25)19-20-12-6-5-7-13-20;1-7(11)9-5-3-4-6-10(9)8(2)12;1-7-5-3-2-4-6-7;3*1-2/h5-7,9,12-13,15,17H,2-4,8,10-11,14,16,18-19H2,1H3;3-6H,1-2H3;2-6H,1H3;2*1-2H3;1H2. The number of hydrogen-bond acceptors (Lipinski definition) is 6. The molecule has 0 N–H and O–H groups in total. The van der Waals surface area contributed by atoms with Crippen molar-refractivity contribution in [1.82, 2.24) is 4.90 Å². The number of benzene rings is 3. The van der Waals surface area contributed by atoms with Crippen LogP contribution in [0.15, 0.2) is 108 Å². The molecule has 1 aliphatic carbocycles. The molecule has 0 radical (unpaired) electrons. The maximum absolute atomic E-state index is 12.0. The first-order chi connectivity index (χ1) is 24.8. The second kappa shape index (κ2) is 32.5. The van der Waals surface area contributed by atoms with Gasteiger partial charge >= 0.3 is 0 Å². The molecule has 4 rings (SSSR count). The van der Waals surface area contributed by atoms with E-state index in [1.54, 1.807) is 24.3 Å². The molecule has 0 aliphatic heterocycles. The number of Topliss-reactive ketones (excluding diaryl/α,β-unsaturated/α-hetero) is 3. The van der Waals surface area contributed by atoms with Gasteiger partial charge in [0.05, 0.1) is 0 Å². The van der Waals surface area contributed by atoms with Crippen LogP contribution in [0.1, 0.15) is 132 Å². The van der Waals surface area contributed by atoms with Crippen LogP contribution < -0.4 is 0 Å². The van der Waals surface area contributed by atoms with E-state index in [-0.39, 0.29) is 11.6 Å². The van der Waals surface area contributed by atoms with Crippen molar-refractivity contribution in [3.63, 3.8) is 0 Å². The Morgan fingerprint density at radius 2 is 1.25 bits per heavy atom. The predicted octanol–water partition coefficient (Wildman–Crippen LogP) is 11.2. The summed E-state index contributed by atoms with van der Waals surface area (Å²) in [6.07, 6.45) is 12.3. The second-order valence-electron chi connectivity index (χ2n) is 11.2. The highest BCUT2D eigenvalue weighted by molar-refractivity contribution is 6.07. The summed E-state index contributed by atoms with van der Waals surface area (Å²) in [4.78, 5) is 55.0. The Hall–Kier alpha value is -4.71. The van der Waals surface area contributed by atoms with Crippen molar-refractivity contribution in [2.45, 2.75) is 113 Å². The van der Waals surface area contributed by atoms with E-state index in [4.69, 9.17) is 4.79 Å². The van der Waals surface area contributed by atoms with Gasteiger partial charge in [0.1, 0.15) is 18.9 Å². The highest BCUT2D eigenvalue weighted by Gasteiger charge is 2.17. The first-order valence-corrected chi connectivity index (χ1v) is 18.3. The molecule has 278 valence electrons. The highest BCUT2D eigenvalue weighted by Crippen LogP contribution is 2.27. The Balaban J connectivity index is 0. The number of unbranched alkanes of at least 4 members (excludes halogenated alkanes) is 3. The van der Waals surface area contributed by atoms with E-state index >= 15 is 0 Å². The molecule has 6 heteroatoms. The fourth-order valence-electron chi connectivity index (χ4n) is 5.00. The molecule has 0 unspecified atom stereocenters. The Morgan fingerprint density at radius 3 is 1.71 bits per heavy atom. The first kappa shape index (κ1) is 48.4. The molecule has 0 heterocycles. The lowest BCUT2D eigenvalue weighted by molar-refractivity contribution is -0.118. The van der Waals surface area contributed by atoms with Gasteiger partial charge in [0.25, 0.3) is 0 Å². The third kappa shape index (κ3) is 21.9. The number of aryl methyl sites for hydroxylation is 1. The van der Waals surface area contributed by atoms with Crippen LogP contribution in [-0.4, -0.2) is 41.9 Å². The van der Waals surface area contributed by atoms with E-state index in [0.717, 1.165) is 51.5 Å². The quantitative estimate of drug-likeness (QED) is 0.0946. The fraction of sp³-hybridized carbons (Fsp3) is 0.400. The van der Waals surface area contributed by atoms with Crippen molar-refractivity contribution in [3.8, 4) is 0 Å². The number of carbonyl (C=O) groups excluding carboxylic acids is 5. The zero-order valence-electron chi connectivity index (χ0n) is 32.6. The summed E-state index contributed by atoms with van der Waals surface area (Å²) >= 11 is 0. The zero-order valence-corrected chi connectivity index (χ0v) is 32.6. The van der Waals surface area contributed by atoms with Crippen molar-refractivity contribution in [2.75, 3.05) is 6.54 Å². The number of rotatable bonds is 14. The fourth-order valence-corrected chi connectivity index (χ4v) is 5.00. The number of nitrogens with zero attached hydrogens (tertiary/aromatic N) is 1. The molecule has 6 nitrogen and oxygen atoms in total. The Morgan fingerprint density at radius 1 is 0.745 bits per heavy atom. The summed E-state index contributed by atoms with van der Waals surface area (Å²) < 4.78 is 0. The van der Waals surface area contributed by atoms with E-state index in [2.05, 4.69) is 60.4 Å². The molecule has 0 amide bonds. The molecular formula is C45H63NO5. The SMILES string of the molecule is C=O.CC.CC.CC(=O)c1ccccc1C(C)=O.CCC(=O)CC1=C(N(CCCCCC=O)Cc2ccccc2)C=CCC1.Cc1ccccc1. The van der Waals surface area contributed by atoms with E-state index in [1.165, 1.54) is 36.2 Å². The monoisotopic (exact) mass is 697 g/mol. The minimum absolute atomic E-state index is 0.0687. The first-order valence-electron chi connectivity index (χ1n) is 18.3. The number of allylic oxidation sites excluding steroid dienone is 3. The summed E-state index contributed by atoms with van der Waals surface area (Å²) in [6.45, 7) is 18.8. The predicted molar refractivity (Wildman–Crippen MR) is 214 cm³/mol. The maximum atomic E-state index is 12.0. The van der Waals surface area contributed by atoms with Gasteiger partial charge in [-0.15, -0.1) is 0 Å². The molecule has 3 aromatic carbocycles. The van der Waals surface area contributed by atoms with Crippen LogP contribution in [0.4, 0.5) is 0 Å². The van der Waals surface area contributed by atoms with Crippen molar-refractivity contribution in [1.29, 1.82) is 0 Å². The molecule has 0 saturated heterocycles. The van der Waals surface area contributed by atoms with Gasteiger partial charge < -0.3 is 14.5 Å². The van der Waals surface area contributed by atoms with Crippen LogP contribution >= 0.6 is 0 Å². The van der Waals surface area contributed by atoms with Gasteiger partial charge in [-0.1, -0.05) is 138 Å². The van der Waals surface area contributed by atoms with Gasteiger partial charge in [-0.05, 0) is 63.7 Å². The molecule has 0 fully saturated rings. The largest absolute Gasteiger partial charge is 0.367 e. The van der Waals surface area contributed by atoms with Crippen molar-refractivity contribution in [2.24, 2.45) is 0 Å². The lowest BCUT2D eigenvalue weighted by Gasteiger charge is -2.30. The van der Waals surface area contributed by atoms with Crippen LogP contribution in [0.5, 0.6) is 0 Å². The molecular weight excluding hydrogens is 634 g/mol. The zero-order chi connectivity index (χ0) is 38.9. The minimum atomic E-state index is -0.0687. The molecule has 1 aliphatic rings. The van der Waals surface area contributed by atoms with E-state index in [9.17, 15) is 19.2 Å². The smallest absolute Gasteiger partial charge is 0.160 e. The summed E-state index contributed by atoms with van der Waals surface area (Å²) in [7, 11) is 0. The number of carbonyl (C=O) groups is 5. The van der Waals surface area contributed by atoms with Crippen molar-refractivity contribution in [3.05, 3.63) is 131 Å². The van der Waals surface area contributed by atoms with Gasteiger partial charge in [-0.2, -0.15) is 0 Å². The van der Waals surface area contributed by atoms with E-state index in [1.807, 2.05) is 65.7 Å². The lowest BCUT2D eigenvalue weighted by Crippen LogP contribution is -2.25.